The van der Waals surface area contributed by atoms with Crippen LogP contribution in [0.2, 0.25) is 0 Å². The largest absolute Gasteiger partial charge is 0.477 e. The van der Waals surface area contributed by atoms with Crippen LogP contribution in [0.25, 0.3) is 10.2 Å². The van der Waals surface area contributed by atoms with Crippen LogP contribution in [-0.2, 0) is 0 Å². The Balaban J connectivity index is 1.83. The van der Waals surface area contributed by atoms with Gasteiger partial charge in [-0.1, -0.05) is 0 Å². The van der Waals surface area contributed by atoms with Crippen LogP contribution in [0.1, 0.15) is 9.67 Å². The molecule has 0 saturated carbocycles. The number of carboxylic acid groups (broad SMARTS) is 1. The van der Waals surface area contributed by atoms with Crippen molar-refractivity contribution in [2.45, 2.75) is 0 Å². The number of carbonyl (C=O) groups is 2. The van der Waals surface area contributed by atoms with Gasteiger partial charge >= 0.3 is 12.0 Å². The zero-order chi connectivity index (χ0) is 14.3. The SMILES string of the molecule is CN1C=CCN1C(=O)Nc1[nH]nc2sc(C(=O)O)cc12. The van der Waals surface area contributed by atoms with Crippen molar-refractivity contribution < 1.29 is 14.7 Å². The number of aromatic nitrogens is 2. The van der Waals surface area contributed by atoms with Crippen LogP contribution in [0.4, 0.5) is 10.6 Å². The zero-order valence-electron chi connectivity index (χ0n) is 10.5. The summed E-state index contributed by atoms with van der Waals surface area (Å²) in [6, 6.07) is 1.18. The second kappa shape index (κ2) is 4.53. The number of fused-ring (bicyclic) bond motifs is 1. The van der Waals surface area contributed by atoms with E-state index in [4.69, 9.17) is 5.11 Å². The van der Waals surface area contributed by atoms with Crippen LogP contribution in [0.5, 0.6) is 0 Å². The van der Waals surface area contributed by atoms with Crippen LogP contribution in [-0.4, -0.2) is 50.9 Å². The fourth-order valence-electron chi connectivity index (χ4n) is 1.92. The highest BCUT2D eigenvalue weighted by Gasteiger charge is 2.21. The summed E-state index contributed by atoms with van der Waals surface area (Å²) in [6.45, 7) is 0.490. The first-order chi connectivity index (χ1) is 9.56. The Morgan fingerprint density at radius 2 is 2.35 bits per heavy atom. The fraction of sp³-hybridized carbons (Fsp3) is 0.182. The van der Waals surface area contributed by atoms with E-state index in [-0.39, 0.29) is 10.9 Å². The maximum absolute atomic E-state index is 12.1. The number of aromatic amines is 1. The van der Waals surface area contributed by atoms with E-state index in [2.05, 4.69) is 15.5 Å². The van der Waals surface area contributed by atoms with Gasteiger partial charge in [0.25, 0.3) is 0 Å². The smallest absolute Gasteiger partial charge is 0.345 e. The van der Waals surface area contributed by atoms with E-state index < -0.39 is 5.97 Å². The monoisotopic (exact) mass is 293 g/mol. The summed E-state index contributed by atoms with van der Waals surface area (Å²) < 4.78 is 0. The number of carbonyl (C=O) groups excluding carboxylic acids is 1. The quantitative estimate of drug-likeness (QED) is 0.779. The van der Waals surface area contributed by atoms with Crippen molar-refractivity contribution in [3.8, 4) is 0 Å². The van der Waals surface area contributed by atoms with Crippen molar-refractivity contribution >= 4 is 39.4 Å². The second-order valence-corrected chi connectivity index (χ2v) is 5.23. The lowest BCUT2D eigenvalue weighted by molar-refractivity contribution is 0.0702. The lowest BCUT2D eigenvalue weighted by Gasteiger charge is -2.24. The summed E-state index contributed by atoms with van der Waals surface area (Å²) in [6.07, 6.45) is 3.64. The number of anilines is 1. The molecule has 20 heavy (non-hydrogen) atoms. The van der Waals surface area contributed by atoms with Gasteiger partial charge in [-0.15, -0.1) is 11.3 Å². The number of aromatic carboxylic acids is 1. The van der Waals surface area contributed by atoms with Gasteiger partial charge < -0.3 is 5.11 Å². The molecule has 0 unspecified atom stereocenters. The molecule has 0 fully saturated rings. The summed E-state index contributed by atoms with van der Waals surface area (Å²) in [5, 5.41) is 22.1. The molecule has 0 atom stereocenters. The fourth-order valence-corrected chi connectivity index (χ4v) is 2.75. The molecule has 9 heteroatoms. The molecule has 8 nitrogen and oxygen atoms in total. The number of nitrogens with one attached hydrogen (secondary N) is 2. The summed E-state index contributed by atoms with van der Waals surface area (Å²) in [5.74, 6) is -0.609. The number of rotatable bonds is 2. The highest BCUT2D eigenvalue weighted by molar-refractivity contribution is 7.20. The number of amides is 2. The third-order valence-corrected chi connectivity index (χ3v) is 3.93. The van der Waals surface area contributed by atoms with Crippen LogP contribution in [0.15, 0.2) is 18.3 Å². The molecule has 3 N–H and O–H groups in total. The molecule has 1 aliphatic heterocycles. The molecular weight excluding hydrogens is 282 g/mol. The molecule has 3 heterocycles. The van der Waals surface area contributed by atoms with Crippen molar-refractivity contribution in [2.75, 3.05) is 18.9 Å². The molecule has 1 aliphatic rings. The number of hydrazine groups is 1. The molecule has 2 aromatic rings. The van der Waals surface area contributed by atoms with Gasteiger partial charge in [-0.2, -0.15) is 5.10 Å². The van der Waals surface area contributed by atoms with Crippen molar-refractivity contribution in [2.24, 2.45) is 0 Å². The molecular formula is C11H11N5O3S. The molecule has 3 rings (SSSR count). The molecule has 104 valence electrons. The van der Waals surface area contributed by atoms with Gasteiger partial charge in [0.1, 0.15) is 15.5 Å². The highest BCUT2D eigenvalue weighted by atomic mass is 32.1. The average Bonchev–Trinajstić information content (AvgIpc) is 3.05. The molecule has 0 bridgehead atoms. The van der Waals surface area contributed by atoms with Gasteiger partial charge in [-0.25, -0.2) is 14.6 Å². The number of hydrogen-bond donors (Lipinski definition) is 3. The van der Waals surface area contributed by atoms with Gasteiger partial charge in [0.2, 0.25) is 0 Å². The topological polar surface area (TPSA) is 102 Å². The summed E-state index contributed by atoms with van der Waals surface area (Å²) >= 11 is 1.06. The highest BCUT2D eigenvalue weighted by Crippen LogP contribution is 2.29. The van der Waals surface area contributed by atoms with Crippen LogP contribution in [0.3, 0.4) is 0 Å². The van der Waals surface area contributed by atoms with Gasteiger partial charge in [-0.05, 0) is 12.1 Å². The molecule has 0 aromatic carbocycles. The summed E-state index contributed by atoms with van der Waals surface area (Å²) in [4.78, 5) is 23.7. The van der Waals surface area contributed by atoms with E-state index in [0.29, 0.717) is 22.6 Å². The second-order valence-electron chi connectivity index (χ2n) is 4.20. The third-order valence-electron chi connectivity index (χ3n) is 2.91. The Morgan fingerprint density at radius 3 is 3.00 bits per heavy atom. The third kappa shape index (κ3) is 1.97. The minimum Gasteiger partial charge on any atom is -0.477 e. The number of nitrogens with zero attached hydrogens (tertiary/aromatic N) is 3. The van der Waals surface area contributed by atoms with Gasteiger partial charge in [0, 0.05) is 13.2 Å². The predicted octanol–water partition coefficient (Wildman–Crippen LogP) is 1.53. The van der Waals surface area contributed by atoms with Crippen LogP contribution in [0, 0.1) is 0 Å². The van der Waals surface area contributed by atoms with Crippen LogP contribution < -0.4 is 5.32 Å². The number of urea groups is 1. The minimum atomic E-state index is -1.01. The van der Waals surface area contributed by atoms with Crippen molar-refractivity contribution in [3.63, 3.8) is 0 Å². The Hall–Kier alpha value is -2.55. The number of carboxylic acids is 1. The van der Waals surface area contributed by atoms with E-state index in [9.17, 15) is 9.59 Å². The number of thiophene rings is 1. The lowest BCUT2D eigenvalue weighted by Crippen LogP contribution is -2.40. The number of H-pyrrole nitrogens is 1. The maximum atomic E-state index is 12.1. The first kappa shape index (κ1) is 12.5. The molecule has 2 aromatic heterocycles. The van der Waals surface area contributed by atoms with E-state index in [1.807, 2.05) is 6.08 Å². The zero-order valence-corrected chi connectivity index (χ0v) is 11.3. The Labute approximate surface area is 117 Å². The van der Waals surface area contributed by atoms with Gasteiger partial charge in [0.15, 0.2) is 0 Å². The van der Waals surface area contributed by atoms with Crippen molar-refractivity contribution in [3.05, 3.63) is 23.2 Å². The van der Waals surface area contributed by atoms with E-state index in [1.54, 1.807) is 18.3 Å². The van der Waals surface area contributed by atoms with Crippen LogP contribution >= 0.6 is 11.3 Å². The average molecular weight is 293 g/mol. The Kier molecular flexibility index (Phi) is 2.83. The summed E-state index contributed by atoms with van der Waals surface area (Å²) in [7, 11) is 1.76. The van der Waals surface area contributed by atoms with Crippen molar-refractivity contribution in [1.82, 2.24) is 20.2 Å². The lowest BCUT2D eigenvalue weighted by atomic mass is 10.3. The summed E-state index contributed by atoms with van der Waals surface area (Å²) in [5.41, 5.74) is 0. The molecule has 2 amide bonds. The number of hydrogen-bond acceptors (Lipinski definition) is 5. The molecule has 0 aliphatic carbocycles. The maximum Gasteiger partial charge on any atom is 0.345 e. The Bertz CT molecular complexity index is 719. The minimum absolute atomic E-state index is 0.187. The normalized spacial score (nSPS) is 14.2. The standard InChI is InChI=1S/C11H11N5O3S/c1-15-3-2-4-16(15)11(19)12-8-6-5-7(10(17)18)20-9(6)14-13-8/h2-3,5H,4H2,1H3,(H,17,18)(H2,12,13,14,19). The first-order valence-corrected chi connectivity index (χ1v) is 6.57. The van der Waals surface area contributed by atoms with E-state index in [1.165, 1.54) is 11.1 Å². The molecule has 0 spiro atoms. The molecule has 0 saturated heterocycles. The molecule has 0 radical (unpaired) electrons. The first-order valence-electron chi connectivity index (χ1n) is 5.75. The van der Waals surface area contributed by atoms with E-state index >= 15 is 0 Å². The van der Waals surface area contributed by atoms with Crippen molar-refractivity contribution in [1.29, 1.82) is 0 Å². The Morgan fingerprint density at radius 1 is 1.55 bits per heavy atom. The predicted molar refractivity (Wildman–Crippen MR) is 73.6 cm³/mol. The van der Waals surface area contributed by atoms with E-state index in [0.717, 1.165) is 11.3 Å². The van der Waals surface area contributed by atoms with Gasteiger partial charge in [0.05, 0.1) is 11.9 Å². The van der Waals surface area contributed by atoms with Gasteiger partial charge in [-0.3, -0.25) is 15.4 Å².